The van der Waals surface area contributed by atoms with Crippen LogP contribution in [0.3, 0.4) is 0 Å². The number of carbonyl (C=O) groups excluding carboxylic acids is 2. The molecule has 7 nitrogen and oxygen atoms in total. The monoisotopic (exact) mass is 380 g/mol. The van der Waals surface area contributed by atoms with E-state index in [-0.39, 0.29) is 24.1 Å². The van der Waals surface area contributed by atoms with Crippen molar-refractivity contribution in [2.24, 2.45) is 7.05 Å². The number of carbonyl (C=O) groups is 2. The van der Waals surface area contributed by atoms with Crippen molar-refractivity contribution in [2.45, 2.75) is 23.4 Å². The number of rotatable bonds is 8. The number of amides is 1. The first-order valence-corrected chi connectivity index (χ1v) is 9.85. The maximum absolute atomic E-state index is 12.2. The van der Waals surface area contributed by atoms with Crippen LogP contribution in [0.2, 0.25) is 0 Å². The first kappa shape index (κ1) is 19.3. The van der Waals surface area contributed by atoms with Gasteiger partial charge in [0.25, 0.3) is 0 Å². The van der Waals surface area contributed by atoms with Crippen molar-refractivity contribution in [1.29, 1.82) is 0 Å². The van der Waals surface area contributed by atoms with Crippen LogP contribution < -0.4 is 5.32 Å². The van der Waals surface area contributed by atoms with Crippen molar-refractivity contribution in [3.05, 3.63) is 30.1 Å². The number of para-hydroxylation sites is 1. The fourth-order valence-corrected chi connectivity index (χ4v) is 3.31. The maximum atomic E-state index is 12.2. The number of benzene rings is 1. The molecule has 134 valence electrons. The first-order valence-electron chi connectivity index (χ1n) is 7.64. The second kappa shape index (κ2) is 9.47. The molecule has 9 heteroatoms. The molecule has 0 fully saturated rings. The van der Waals surface area contributed by atoms with Gasteiger partial charge in [-0.15, -0.1) is 22.0 Å². The molecule has 0 spiro atoms. The zero-order valence-electron chi connectivity index (χ0n) is 14.3. The summed E-state index contributed by atoms with van der Waals surface area (Å²) in [6, 6.07) is 7.64. The third-order valence-electron chi connectivity index (χ3n) is 3.25. The molecule has 1 heterocycles. The number of hydrogen-bond acceptors (Lipinski definition) is 7. The van der Waals surface area contributed by atoms with E-state index in [0.29, 0.717) is 17.6 Å². The van der Waals surface area contributed by atoms with Crippen LogP contribution in [0, 0.1) is 0 Å². The van der Waals surface area contributed by atoms with Crippen LogP contribution in [-0.2, 0) is 27.8 Å². The molecule has 0 aliphatic heterocycles. The number of hydrogen-bond donors (Lipinski definition) is 1. The SMILES string of the molecule is CCOC(=O)Cc1nnc(SCC(=O)Nc2ccccc2SC)n1C. The predicted octanol–water partition coefficient (Wildman–Crippen LogP) is 2.37. The maximum Gasteiger partial charge on any atom is 0.313 e. The van der Waals surface area contributed by atoms with E-state index in [9.17, 15) is 9.59 Å². The lowest BCUT2D eigenvalue weighted by atomic mass is 10.3. The molecule has 0 aliphatic carbocycles. The molecule has 0 bridgehead atoms. The second-order valence-electron chi connectivity index (χ2n) is 4.98. The quantitative estimate of drug-likeness (QED) is 0.556. The Morgan fingerprint density at radius 2 is 2.04 bits per heavy atom. The molecule has 1 aromatic heterocycles. The van der Waals surface area contributed by atoms with Crippen molar-refractivity contribution in [1.82, 2.24) is 14.8 Å². The lowest BCUT2D eigenvalue weighted by molar-refractivity contribution is -0.142. The Hall–Kier alpha value is -2.00. The summed E-state index contributed by atoms with van der Waals surface area (Å²) in [4.78, 5) is 24.7. The zero-order valence-corrected chi connectivity index (χ0v) is 15.9. The lowest BCUT2D eigenvalue weighted by Gasteiger charge is -2.09. The van der Waals surface area contributed by atoms with Gasteiger partial charge in [-0.3, -0.25) is 9.59 Å². The van der Waals surface area contributed by atoms with Gasteiger partial charge in [-0.2, -0.15) is 0 Å². The fourth-order valence-electron chi connectivity index (χ4n) is 2.03. The number of anilines is 1. The number of esters is 1. The van der Waals surface area contributed by atoms with Crippen molar-refractivity contribution in [3.63, 3.8) is 0 Å². The molecule has 1 amide bonds. The van der Waals surface area contributed by atoms with Gasteiger partial charge < -0.3 is 14.6 Å². The Kier molecular flexibility index (Phi) is 7.32. The van der Waals surface area contributed by atoms with E-state index in [2.05, 4.69) is 15.5 Å². The van der Waals surface area contributed by atoms with E-state index in [1.807, 2.05) is 30.5 Å². The van der Waals surface area contributed by atoms with Gasteiger partial charge in [-0.05, 0) is 25.3 Å². The average Bonchev–Trinajstić information content (AvgIpc) is 2.94. The topological polar surface area (TPSA) is 86.1 Å². The Labute approximate surface area is 154 Å². The molecule has 0 saturated heterocycles. The summed E-state index contributed by atoms with van der Waals surface area (Å²) in [5.41, 5.74) is 0.793. The molecular formula is C16H20N4O3S2. The number of ether oxygens (including phenoxy) is 1. The molecule has 25 heavy (non-hydrogen) atoms. The minimum absolute atomic E-state index is 0.0607. The molecule has 0 unspecified atom stereocenters. The largest absolute Gasteiger partial charge is 0.466 e. The van der Waals surface area contributed by atoms with Gasteiger partial charge in [0.2, 0.25) is 5.91 Å². The standard InChI is InChI=1S/C16H20N4O3S2/c1-4-23-15(22)9-13-18-19-16(20(13)2)25-10-14(21)17-11-7-5-6-8-12(11)24-3/h5-8H,4,9-10H2,1-3H3,(H,17,21). The number of aromatic nitrogens is 3. The third-order valence-corrected chi connectivity index (χ3v) is 5.06. The summed E-state index contributed by atoms with van der Waals surface area (Å²) in [5.74, 6) is 0.241. The van der Waals surface area contributed by atoms with E-state index in [1.165, 1.54) is 11.8 Å². The highest BCUT2D eigenvalue weighted by Crippen LogP contribution is 2.25. The molecule has 2 rings (SSSR count). The van der Waals surface area contributed by atoms with Crippen LogP contribution in [-0.4, -0.2) is 45.3 Å². The van der Waals surface area contributed by atoms with E-state index in [0.717, 1.165) is 10.6 Å². The molecule has 1 aromatic carbocycles. The number of nitrogens with one attached hydrogen (secondary N) is 1. The van der Waals surface area contributed by atoms with E-state index in [1.54, 1.807) is 30.3 Å². The first-order chi connectivity index (χ1) is 12.0. The number of nitrogens with zero attached hydrogens (tertiary/aromatic N) is 3. The average molecular weight is 380 g/mol. The van der Waals surface area contributed by atoms with Gasteiger partial charge >= 0.3 is 5.97 Å². The van der Waals surface area contributed by atoms with Crippen LogP contribution in [0.25, 0.3) is 0 Å². The van der Waals surface area contributed by atoms with Crippen molar-refractivity contribution in [3.8, 4) is 0 Å². The van der Waals surface area contributed by atoms with Crippen LogP contribution >= 0.6 is 23.5 Å². The summed E-state index contributed by atoms with van der Waals surface area (Å²) < 4.78 is 6.60. The molecule has 2 aromatic rings. The van der Waals surface area contributed by atoms with Crippen LogP contribution in [0.1, 0.15) is 12.7 Å². The zero-order chi connectivity index (χ0) is 18.2. The lowest BCUT2D eigenvalue weighted by Crippen LogP contribution is -2.15. The van der Waals surface area contributed by atoms with Gasteiger partial charge in [0.1, 0.15) is 12.2 Å². The highest BCUT2D eigenvalue weighted by Gasteiger charge is 2.15. The highest BCUT2D eigenvalue weighted by atomic mass is 32.2. The third kappa shape index (κ3) is 5.50. The van der Waals surface area contributed by atoms with Crippen molar-refractivity contribution >= 4 is 41.1 Å². The normalized spacial score (nSPS) is 10.5. The van der Waals surface area contributed by atoms with Gasteiger partial charge in [-0.1, -0.05) is 23.9 Å². The number of thioether (sulfide) groups is 2. The summed E-state index contributed by atoms with van der Waals surface area (Å²) >= 11 is 2.84. The Morgan fingerprint density at radius 3 is 2.76 bits per heavy atom. The summed E-state index contributed by atoms with van der Waals surface area (Å²) in [6.45, 7) is 2.08. The van der Waals surface area contributed by atoms with E-state index in [4.69, 9.17) is 4.74 Å². The fraction of sp³-hybridized carbons (Fsp3) is 0.375. The molecule has 0 aliphatic rings. The van der Waals surface area contributed by atoms with Gasteiger partial charge in [0, 0.05) is 11.9 Å². The molecule has 1 N–H and O–H groups in total. The summed E-state index contributed by atoms with van der Waals surface area (Å²) in [6.07, 6.45) is 2.02. The van der Waals surface area contributed by atoms with Gasteiger partial charge in [-0.25, -0.2) is 0 Å². The smallest absolute Gasteiger partial charge is 0.313 e. The molecule has 0 atom stereocenters. The second-order valence-corrected chi connectivity index (χ2v) is 6.77. The van der Waals surface area contributed by atoms with E-state index >= 15 is 0 Å². The van der Waals surface area contributed by atoms with Gasteiger partial charge in [0.15, 0.2) is 5.16 Å². The van der Waals surface area contributed by atoms with Crippen molar-refractivity contribution < 1.29 is 14.3 Å². The molecule has 0 saturated carbocycles. The van der Waals surface area contributed by atoms with Crippen LogP contribution in [0.4, 0.5) is 5.69 Å². The van der Waals surface area contributed by atoms with E-state index < -0.39 is 0 Å². The van der Waals surface area contributed by atoms with Gasteiger partial charge in [0.05, 0.1) is 18.0 Å². The van der Waals surface area contributed by atoms with Crippen LogP contribution in [0.15, 0.2) is 34.3 Å². The molecular weight excluding hydrogens is 360 g/mol. The van der Waals surface area contributed by atoms with Crippen LogP contribution in [0.5, 0.6) is 0 Å². The Bertz CT molecular complexity index is 749. The molecule has 0 radical (unpaired) electrons. The predicted molar refractivity (Wildman–Crippen MR) is 98.9 cm³/mol. The minimum atomic E-state index is -0.346. The Balaban J connectivity index is 1.92. The highest BCUT2D eigenvalue weighted by molar-refractivity contribution is 7.99. The summed E-state index contributed by atoms with van der Waals surface area (Å²) in [7, 11) is 1.76. The summed E-state index contributed by atoms with van der Waals surface area (Å²) in [5, 5.41) is 11.5. The van der Waals surface area contributed by atoms with Crippen molar-refractivity contribution in [2.75, 3.05) is 23.9 Å². The minimum Gasteiger partial charge on any atom is -0.466 e. The Morgan fingerprint density at radius 1 is 1.28 bits per heavy atom.